The summed E-state index contributed by atoms with van der Waals surface area (Å²) in [6.45, 7) is 4.24. The van der Waals surface area contributed by atoms with Crippen LogP contribution < -0.4 is 9.47 Å². The monoisotopic (exact) mass is 300 g/mol. The second-order valence-electron chi connectivity index (χ2n) is 5.33. The SMILES string of the molecule is COc1cc(C(=O)O)c(-c2ccc(C(C)C)cc2)cc1OC. The zero-order valence-electron chi connectivity index (χ0n) is 13.2. The second-order valence-corrected chi connectivity index (χ2v) is 5.33. The third kappa shape index (κ3) is 3.06. The van der Waals surface area contributed by atoms with E-state index >= 15 is 0 Å². The molecule has 0 aromatic heterocycles. The highest BCUT2D eigenvalue weighted by molar-refractivity contribution is 5.97. The van der Waals surface area contributed by atoms with Crippen LogP contribution >= 0.6 is 0 Å². The Morgan fingerprint density at radius 1 is 1.00 bits per heavy atom. The van der Waals surface area contributed by atoms with Crippen LogP contribution in [0.25, 0.3) is 11.1 Å². The third-order valence-corrected chi connectivity index (χ3v) is 3.64. The molecule has 0 saturated carbocycles. The number of hydrogen-bond acceptors (Lipinski definition) is 3. The molecule has 0 heterocycles. The van der Waals surface area contributed by atoms with Crippen LogP contribution in [0.2, 0.25) is 0 Å². The number of methoxy groups -OCH3 is 2. The van der Waals surface area contributed by atoms with E-state index in [4.69, 9.17) is 9.47 Å². The standard InChI is InChI=1S/C18H20O4/c1-11(2)12-5-7-13(8-6-12)14-9-16(21-3)17(22-4)10-15(14)18(19)20/h5-11H,1-4H3,(H,19,20). The van der Waals surface area contributed by atoms with Gasteiger partial charge in [0.1, 0.15) is 0 Å². The minimum absolute atomic E-state index is 0.190. The molecular formula is C18H20O4. The highest BCUT2D eigenvalue weighted by Gasteiger charge is 2.17. The topological polar surface area (TPSA) is 55.8 Å². The third-order valence-electron chi connectivity index (χ3n) is 3.64. The first-order valence-corrected chi connectivity index (χ1v) is 7.07. The average Bonchev–Trinajstić information content (AvgIpc) is 2.53. The molecule has 0 radical (unpaired) electrons. The van der Waals surface area contributed by atoms with Gasteiger partial charge in [0.2, 0.25) is 0 Å². The molecule has 2 aromatic rings. The molecule has 22 heavy (non-hydrogen) atoms. The van der Waals surface area contributed by atoms with Crippen LogP contribution in [0.1, 0.15) is 35.7 Å². The first kappa shape index (κ1) is 15.9. The van der Waals surface area contributed by atoms with Gasteiger partial charge in [-0.05, 0) is 29.2 Å². The van der Waals surface area contributed by atoms with Gasteiger partial charge in [0.25, 0.3) is 0 Å². The van der Waals surface area contributed by atoms with Gasteiger partial charge in [-0.1, -0.05) is 38.1 Å². The van der Waals surface area contributed by atoms with E-state index in [-0.39, 0.29) is 5.56 Å². The van der Waals surface area contributed by atoms with Crippen molar-refractivity contribution in [2.24, 2.45) is 0 Å². The van der Waals surface area contributed by atoms with Gasteiger partial charge in [-0.3, -0.25) is 0 Å². The van der Waals surface area contributed by atoms with E-state index in [1.807, 2.05) is 24.3 Å². The molecule has 4 heteroatoms. The van der Waals surface area contributed by atoms with Crippen molar-refractivity contribution in [2.75, 3.05) is 14.2 Å². The van der Waals surface area contributed by atoms with Crippen molar-refractivity contribution >= 4 is 5.97 Å². The Hall–Kier alpha value is -2.49. The molecule has 2 rings (SSSR count). The minimum atomic E-state index is -0.996. The van der Waals surface area contributed by atoms with E-state index < -0.39 is 5.97 Å². The van der Waals surface area contributed by atoms with Crippen molar-refractivity contribution in [1.82, 2.24) is 0 Å². The number of benzene rings is 2. The van der Waals surface area contributed by atoms with Crippen LogP contribution in [-0.4, -0.2) is 25.3 Å². The van der Waals surface area contributed by atoms with Crippen molar-refractivity contribution in [1.29, 1.82) is 0 Å². The van der Waals surface area contributed by atoms with Crippen molar-refractivity contribution in [2.45, 2.75) is 19.8 Å². The lowest BCUT2D eigenvalue weighted by atomic mass is 9.95. The fraction of sp³-hybridized carbons (Fsp3) is 0.278. The molecule has 0 saturated heterocycles. The molecule has 2 aromatic carbocycles. The highest BCUT2D eigenvalue weighted by Crippen LogP contribution is 2.36. The smallest absolute Gasteiger partial charge is 0.336 e. The normalized spacial score (nSPS) is 10.6. The summed E-state index contributed by atoms with van der Waals surface area (Å²) in [6, 6.07) is 11.1. The molecule has 0 aliphatic rings. The first-order valence-electron chi connectivity index (χ1n) is 7.07. The highest BCUT2D eigenvalue weighted by atomic mass is 16.5. The fourth-order valence-electron chi connectivity index (χ4n) is 2.34. The number of rotatable bonds is 5. The summed E-state index contributed by atoms with van der Waals surface area (Å²) in [5.41, 5.74) is 2.85. The van der Waals surface area contributed by atoms with Gasteiger partial charge in [-0.25, -0.2) is 4.79 Å². The van der Waals surface area contributed by atoms with Crippen molar-refractivity contribution in [3.05, 3.63) is 47.5 Å². The molecule has 0 fully saturated rings. The van der Waals surface area contributed by atoms with Crippen molar-refractivity contribution in [3.8, 4) is 22.6 Å². The van der Waals surface area contributed by atoms with Gasteiger partial charge in [-0.15, -0.1) is 0 Å². The largest absolute Gasteiger partial charge is 0.493 e. The zero-order valence-corrected chi connectivity index (χ0v) is 13.2. The maximum Gasteiger partial charge on any atom is 0.336 e. The summed E-state index contributed by atoms with van der Waals surface area (Å²) >= 11 is 0. The van der Waals surface area contributed by atoms with E-state index in [9.17, 15) is 9.90 Å². The minimum Gasteiger partial charge on any atom is -0.493 e. The summed E-state index contributed by atoms with van der Waals surface area (Å²) < 4.78 is 10.5. The lowest BCUT2D eigenvalue weighted by Gasteiger charge is -2.14. The van der Waals surface area contributed by atoms with Gasteiger partial charge >= 0.3 is 5.97 Å². The maximum atomic E-state index is 11.5. The van der Waals surface area contributed by atoms with E-state index in [0.29, 0.717) is 23.0 Å². The maximum absolute atomic E-state index is 11.5. The van der Waals surface area contributed by atoms with E-state index in [0.717, 1.165) is 5.56 Å². The first-order chi connectivity index (χ1) is 10.5. The quantitative estimate of drug-likeness (QED) is 0.899. The van der Waals surface area contributed by atoms with E-state index in [1.165, 1.54) is 25.8 Å². The molecule has 0 amide bonds. The van der Waals surface area contributed by atoms with Crippen molar-refractivity contribution in [3.63, 3.8) is 0 Å². The van der Waals surface area contributed by atoms with Gasteiger partial charge < -0.3 is 14.6 Å². The Labute approximate surface area is 130 Å². The molecule has 0 atom stereocenters. The summed E-state index contributed by atoms with van der Waals surface area (Å²) in [7, 11) is 3.02. The zero-order chi connectivity index (χ0) is 16.3. The lowest BCUT2D eigenvalue weighted by Crippen LogP contribution is -2.02. The summed E-state index contributed by atoms with van der Waals surface area (Å²) in [6.07, 6.45) is 0. The second kappa shape index (κ2) is 6.52. The molecule has 0 aliphatic heterocycles. The number of carboxylic acids is 1. The van der Waals surface area contributed by atoms with Crippen LogP contribution in [-0.2, 0) is 0 Å². The Kier molecular flexibility index (Phi) is 4.71. The molecule has 4 nitrogen and oxygen atoms in total. The van der Waals surface area contributed by atoms with E-state index in [2.05, 4.69) is 13.8 Å². The Bertz CT molecular complexity index is 672. The number of ether oxygens (including phenoxy) is 2. The Balaban J connectivity index is 2.59. The molecule has 116 valence electrons. The number of carboxylic acid groups (broad SMARTS) is 1. The van der Waals surface area contributed by atoms with Crippen LogP contribution in [0, 0.1) is 0 Å². The van der Waals surface area contributed by atoms with Crippen molar-refractivity contribution < 1.29 is 19.4 Å². The predicted octanol–water partition coefficient (Wildman–Crippen LogP) is 4.19. The molecular weight excluding hydrogens is 280 g/mol. The Morgan fingerprint density at radius 3 is 2.00 bits per heavy atom. The molecule has 0 bridgehead atoms. The summed E-state index contributed by atoms with van der Waals surface area (Å²) in [4.78, 5) is 11.5. The molecule has 0 aliphatic carbocycles. The molecule has 1 N–H and O–H groups in total. The summed E-state index contributed by atoms with van der Waals surface area (Å²) in [5.74, 6) is 0.347. The van der Waals surface area contributed by atoms with Crippen LogP contribution in [0.15, 0.2) is 36.4 Å². The van der Waals surface area contributed by atoms with Gasteiger partial charge in [0.05, 0.1) is 19.8 Å². The lowest BCUT2D eigenvalue weighted by molar-refractivity contribution is 0.0697. The van der Waals surface area contributed by atoms with Gasteiger partial charge in [0, 0.05) is 5.56 Å². The number of hydrogen-bond donors (Lipinski definition) is 1. The van der Waals surface area contributed by atoms with E-state index in [1.54, 1.807) is 6.07 Å². The van der Waals surface area contributed by atoms with Crippen LogP contribution in [0.3, 0.4) is 0 Å². The molecule has 0 unspecified atom stereocenters. The number of carbonyl (C=O) groups is 1. The molecule has 0 spiro atoms. The Morgan fingerprint density at radius 2 is 1.55 bits per heavy atom. The predicted molar refractivity (Wildman–Crippen MR) is 86.0 cm³/mol. The summed E-state index contributed by atoms with van der Waals surface area (Å²) in [5, 5.41) is 9.46. The van der Waals surface area contributed by atoms with Gasteiger partial charge in [0.15, 0.2) is 11.5 Å². The van der Waals surface area contributed by atoms with Crippen LogP contribution in [0.5, 0.6) is 11.5 Å². The van der Waals surface area contributed by atoms with Crippen LogP contribution in [0.4, 0.5) is 0 Å². The van der Waals surface area contributed by atoms with Gasteiger partial charge in [-0.2, -0.15) is 0 Å². The average molecular weight is 300 g/mol. The number of aromatic carboxylic acids is 1. The fourth-order valence-corrected chi connectivity index (χ4v) is 2.34.